The summed E-state index contributed by atoms with van der Waals surface area (Å²) in [4.78, 5) is 73.5. The zero-order valence-electron chi connectivity index (χ0n) is 33.9. The van der Waals surface area contributed by atoms with Crippen LogP contribution in [-0.2, 0) is 31.9 Å². The summed E-state index contributed by atoms with van der Waals surface area (Å²) in [6, 6.07) is 8.90. The van der Waals surface area contributed by atoms with Crippen molar-refractivity contribution in [2.45, 2.75) is 96.8 Å². The molecule has 4 aromatic rings. The highest BCUT2D eigenvalue weighted by atomic mass is 32.1. The third kappa shape index (κ3) is 11.6. The highest BCUT2D eigenvalue weighted by Crippen LogP contribution is 2.35. The molecule has 322 valence electrons. The molecule has 4 N–H and O–H groups in total. The van der Waals surface area contributed by atoms with Crippen LogP contribution in [0.5, 0.6) is 0 Å². The van der Waals surface area contributed by atoms with E-state index in [4.69, 9.17) is 14.5 Å². The molecule has 2 aliphatic rings. The maximum atomic E-state index is 13.6. The van der Waals surface area contributed by atoms with Crippen LogP contribution in [0.1, 0.15) is 94.0 Å². The molecule has 0 bridgehead atoms. The summed E-state index contributed by atoms with van der Waals surface area (Å²) >= 11 is 1.74. The Morgan fingerprint density at radius 2 is 1.36 bits per heavy atom. The molecule has 4 amide bonds. The fourth-order valence-corrected chi connectivity index (χ4v) is 8.55. The number of carbonyl (C=O) groups excluding carboxylic acids is 4. The summed E-state index contributed by atoms with van der Waals surface area (Å²) in [7, 11) is 2.59. The fraction of sp³-hybridized carbons (Fsp3) is 0.538. The van der Waals surface area contributed by atoms with Gasteiger partial charge in [-0.2, -0.15) is 54.0 Å². The van der Waals surface area contributed by atoms with Gasteiger partial charge in [0.05, 0.1) is 54.1 Å². The predicted octanol–water partition coefficient (Wildman–Crippen LogP) is 6.73. The number of thiophene rings is 1. The SMILES string of the molecule is COC(=O)N[C@H](C(=O)N1CCC[C@H]1c1ncc(-c2ccc(CCCc3ccc4nc([C@@H]5CCCN5C(=O)[C@@H](NC(=O)OC)C(C)C)[nH]c4c3)s2)[nH]1)C(C)C.S.S.S.S. The van der Waals surface area contributed by atoms with Crippen molar-refractivity contribution in [3.05, 3.63) is 58.6 Å². The summed E-state index contributed by atoms with van der Waals surface area (Å²) < 4.78 is 9.52. The molecule has 19 heteroatoms. The van der Waals surface area contributed by atoms with Crippen LogP contribution in [0, 0.1) is 11.8 Å². The normalized spacial score (nSPS) is 17.1. The number of nitrogens with one attached hydrogen (secondary N) is 4. The van der Waals surface area contributed by atoms with E-state index in [9.17, 15) is 19.2 Å². The number of rotatable bonds is 13. The van der Waals surface area contributed by atoms with Gasteiger partial charge < -0.3 is 39.9 Å². The number of nitrogens with zero attached hydrogens (tertiary/aromatic N) is 4. The van der Waals surface area contributed by atoms with Gasteiger partial charge in [-0.3, -0.25) is 9.59 Å². The van der Waals surface area contributed by atoms with Crippen molar-refractivity contribution in [3.8, 4) is 10.6 Å². The molecule has 6 rings (SSSR count). The first-order valence-electron chi connectivity index (χ1n) is 18.9. The summed E-state index contributed by atoms with van der Waals surface area (Å²) in [5.74, 6) is 1.09. The molecule has 14 nitrogen and oxygen atoms in total. The van der Waals surface area contributed by atoms with E-state index >= 15 is 0 Å². The predicted molar refractivity (Wildman–Crippen MR) is 247 cm³/mol. The molecule has 2 aliphatic heterocycles. The van der Waals surface area contributed by atoms with Gasteiger partial charge in [-0.25, -0.2) is 19.6 Å². The van der Waals surface area contributed by atoms with Crippen LogP contribution in [0.15, 0.2) is 36.5 Å². The lowest BCUT2D eigenvalue weighted by Crippen LogP contribution is -2.51. The van der Waals surface area contributed by atoms with E-state index in [0.29, 0.717) is 13.1 Å². The van der Waals surface area contributed by atoms with E-state index < -0.39 is 24.3 Å². The Kier molecular flexibility index (Phi) is 19.8. The lowest BCUT2D eigenvalue weighted by atomic mass is 10.0. The summed E-state index contributed by atoms with van der Waals surface area (Å²) in [5, 5.41) is 5.41. The molecule has 0 unspecified atom stereocenters. The van der Waals surface area contributed by atoms with Crippen molar-refractivity contribution < 1.29 is 28.7 Å². The first-order valence-corrected chi connectivity index (χ1v) is 19.7. The molecule has 0 aliphatic carbocycles. The van der Waals surface area contributed by atoms with Crippen LogP contribution in [0.2, 0.25) is 0 Å². The second-order valence-corrected chi connectivity index (χ2v) is 16.0. The van der Waals surface area contributed by atoms with Gasteiger partial charge in [0.25, 0.3) is 0 Å². The number of H-pyrrole nitrogens is 2. The molecule has 4 atom stereocenters. The van der Waals surface area contributed by atoms with Crippen molar-refractivity contribution in [3.63, 3.8) is 0 Å². The number of likely N-dealkylation sites (tertiary alicyclic amines) is 2. The lowest BCUT2D eigenvalue weighted by molar-refractivity contribution is -0.136. The summed E-state index contributed by atoms with van der Waals surface area (Å²) in [5.41, 5.74) is 3.96. The molecular weight excluding hydrogens is 837 g/mol. The highest BCUT2D eigenvalue weighted by molar-refractivity contribution is 7.59. The van der Waals surface area contributed by atoms with Crippen LogP contribution in [0.4, 0.5) is 9.59 Å². The van der Waals surface area contributed by atoms with Gasteiger partial charge >= 0.3 is 12.2 Å². The van der Waals surface area contributed by atoms with Gasteiger partial charge in [0.15, 0.2) is 0 Å². The second-order valence-electron chi connectivity index (χ2n) is 14.9. The van der Waals surface area contributed by atoms with Crippen molar-refractivity contribution in [1.29, 1.82) is 0 Å². The quantitative estimate of drug-likeness (QED) is 0.114. The number of ether oxygens (including phenoxy) is 2. The number of hydrogen-bond donors (Lipinski definition) is 4. The molecular formula is C39H60N8O6S5. The Morgan fingerprint density at radius 3 is 1.91 bits per heavy atom. The minimum Gasteiger partial charge on any atom is -0.453 e. The molecule has 0 spiro atoms. The van der Waals surface area contributed by atoms with Gasteiger partial charge in [-0.05, 0) is 86.6 Å². The topological polar surface area (TPSA) is 175 Å². The van der Waals surface area contributed by atoms with Crippen LogP contribution in [0.3, 0.4) is 0 Å². The van der Waals surface area contributed by atoms with Crippen molar-refractivity contribution >= 4 is 100 Å². The molecule has 2 saturated heterocycles. The largest absolute Gasteiger partial charge is 0.453 e. The smallest absolute Gasteiger partial charge is 0.407 e. The minimum absolute atomic E-state index is 0. The summed E-state index contributed by atoms with van der Waals surface area (Å²) in [6.45, 7) is 8.86. The lowest BCUT2D eigenvalue weighted by Gasteiger charge is -2.30. The molecule has 0 saturated carbocycles. The number of alkyl carbamates (subject to hydrolysis) is 2. The van der Waals surface area contributed by atoms with Crippen LogP contribution in [-0.4, -0.2) is 93.1 Å². The van der Waals surface area contributed by atoms with Crippen LogP contribution >= 0.6 is 65.3 Å². The molecule has 5 heterocycles. The number of aryl methyl sites for hydroxylation is 2. The number of benzene rings is 1. The fourth-order valence-electron chi connectivity index (χ4n) is 7.53. The Hall–Kier alpha value is -3.52. The molecule has 1 aromatic carbocycles. The first kappa shape index (κ1) is 50.6. The molecule has 58 heavy (non-hydrogen) atoms. The molecule has 3 aromatic heterocycles. The van der Waals surface area contributed by atoms with Gasteiger partial charge in [-0.15, -0.1) is 11.3 Å². The number of hydrogen-bond acceptors (Lipinski definition) is 9. The maximum absolute atomic E-state index is 13.6. The second kappa shape index (κ2) is 22.7. The number of carbonyl (C=O) groups is 4. The number of fused-ring (bicyclic) bond motifs is 1. The van der Waals surface area contributed by atoms with Gasteiger partial charge in [0.1, 0.15) is 23.7 Å². The Bertz CT molecular complexity index is 1970. The Labute approximate surface area is 372 Å². The summed E-state index contributed by atoms with van der Waals surface area (Å²) in [6.07, 6.45) is 6.76. The van der Waals surface area contributed by atoms with E-state index in [-0.39, 0.29) is 89.7 Å². The van der Waals surface area contributed by atoms with Crippen molar-refractivity contribution in [2.24, 2.45) is 11.8 Å². The van der Waals surface area contributed by atoms with E-state index in [1.165, 1.54) is 24.7 Å². The Balaban J connectivity index is 0.00000290. The van der Waals surface area contributed by atoms with Crippen molar-refractivity contribution in [1.82, 2.24) is 40.4 Å². The number of amides is 4. The number of aromatic nitrogens is 4. The highest BCUT2D eigenvalue weighted by Gasteiger charge is 2.39. The van der Waals surface area contributed by atoms with Gasteiger partial charge in [-0.1, -0.05) is 33.8 Å². The standard InChI is InChI=1S/C39H52N8O6S.4H2S/c1-22(2)32(44-38(50)52-5)36(48)46-18-8-12-29(46)34-40-21-28(43-34)31-17-15-25(54-31)11-7-10-24-14-16-26-27(20-24)42-35(41-26)30-13-9-19-47(30)37(49)33(23(3)4)45-39(51)53-6;;;;/h14-17,20-23,29-30,32-33H,7-13,18-19H2,1-6H3,(H,40,43)(H,41,42)(H,44,50)(H,45,51);4*1H2/t29-,30-,32-,33-;;;;/m0..../s1. The third-order valence-corrected chi connectivity index (χ3v) is 11.6. The van der Waals surface area contributed by atoms with Crippen LogP contribution in [0.25, 0.3) is 21.6 Å². The monoisotopic (exact) mass is 896 g/mol. The minimum atomic E-state index is -0.674. The zero-order valence-corrected chi connectivity index (χ0v) is 38.8. The Morgan fingerprint density at radius 1 is 0.793 bits per heavy atom. The third-order valence-electron chi connectivity index (χ3n) is 10.5. The number of aromatic amines is 2. The van der Waals surface area contributed by atoms with Crippen molar-refractivity contribution in [2.75, 3.05) is 27.3 Å². The number of methoxy groups -OCH3 is 2. The van der Waals surface area contributed by atoms with E-state index in [2.05, 4.69) is 49.9 Å². The van der Waals surface area contributed by atoms with Crippen LogP contribution < -0.4 is 10.6 Å². The van der Waals surface area contributed by atoms with E-state index in [0.717, 1.165) is 78.2 Å². The molecule has 2 fully saturated rings. The van der Waals surface area contributed by atoms with Gasteiger partial charge in [0, 0.05) is 18.0 Å². The zero-order chi connectivity index (χ0) is 38.5. The average Bonchev–Trinajstić information content (AvgIpc) is 4.00. The maximum Gasteiger partial charge on any atom is 0.407 e. The van der Waals surface area contributed by atoms with E-state index in [1.54, 1.807) is 11.3 Å². The van der Waals surface area contributed by atoms with E-state index in [1.807, 2.05) is 49.8 Å². The average molecular weight is 897 g/mol. The van der Waals surface area contributed by atoms with Gasteiger partial charge in [0.2, 0.25) is 11.8 Å². The number of imidazole rings is 2. The first-order chi connectivity index (χ1) is 26.0. The molecule has 0 radical (unpaired) electrons.